The van der Waals surface area contributed by atoms with Crippen LogP contribution in [0.2, 0.25) is 0 Å². The third-order valence-corrected chi connectivity index (χ3v) is 5.98. The van der Waals surface area contributed by atoms with Gasteiger partial charge in [0.2, 0.25) is 5.91 Å². The van der Waals surface area contributed by atoms with Crippen LogP contribution in [0.4, 0.5) is 5.69 Å². The van der Waals surface area contributed by atoms with Crippen molar-refractivity contribution in [1.29, 1.82) is 0 Å². The molecule has 1 N–H and O–H groups in total. The Morgan fingerprint density at radius 1 is 1.21 bits per heavy atom. The van der Waals surface area contributed by atoms with Crippen molar-refractivity contribution in [3.63, 3.8) is 0 Å². The maximum absolute atomic E-state index is 12.4. The first-order valence-corrected chi connectivity index (χ1v) is 10.3. The van der Waals surface area contributed by atoms with E-state index in [2.05, 4.69) is 31.4 Å². The molecule has 0 radical (unpaired) electrons. The molecule has 2 aromatic carbocycles. The highest BCUT2D eigenvalue weighted by atomic mass is 79.9. The monoisotopic (exact) mass is 456 g/mol. The molecule has 0 aliphatic carbocycles. The fraction of sp³-hybridized carbons (Fsp3) is 0.150. The number of amides is 1. The minimum absolute atomic E-state index is 0.109. The van der Waals surface area contributed by atoms with Gasteiger partial charge in [-0.1, -0.05) is 23.9 Å². The summed E-state index contributed by atoms with van der Waals surface area (Å²) in [5.74, 6) is 0.875. The standard InChI is InChI=1S/C20H17BrN4O2S/c1-12-9-18-23-24-20(25(18)17-10-13(27-2)7-8-14(12)17)28-11-19(26)22-16-6-4-3-5-15(16)21/h3-10H,11H2,1-2H3,(H,22,26). The maximum Gasteiger partial charge on any atom is 0.234 e. The molecule has 4 rings (SSSR count). The number of halogens is 1. The van der Waals surface area contributed by atoms with E-state index in [9.17, 15) is 4.79 Å². The Morgan fingerprint density at radius 2 is 2.04 bits per heavy atom. The van der Waals surface area contributed by atoms with E-state index in [1.165, 1.54) is 11.8 Å². The topological polar surface area (TPSA) is 68.5 Å². The number of thioether (sulfide) groups is 1. The molecule has 1 amide bonds. The highest BCUT2D eigenvalue weighted by Gasteiger charge is 2.14. The van der Waals surface area contributed by atoms with Crippen molar-refractivity contribution in [1.82, 2.24) is 14.6 Å². The molecule has 2 aromatic heterocycles. The van der Waals surface area contributed by atoms with E-state index < -0.39 is 0 Å². The summed E-state index contributed by atoms with van der Waals surface area (Å²) in [6, 6.07) is 15.4. The number of hydrogen-bond donors (Lipinski definition) is 1. The van der Waals surface area contributed by atoms with Gasteiger partial charge < -0.3 is 10.1 Å². The average molecular weight is 457 g/mol. The molecule has 0 fully saturated rings. The van der Waals surface area contributed by atoms with Crippen molar-refractivity contribution in [3.05, 3.63) is 58.6 Å². The molecule has 0 saturated heterocycles. The number of aromatic nitrogens is 3. The molecule has 0 aliphatic heterocycles. The minimum atomic E-state index is -0.109. The van der Waals surface area contributed by atoms with Crippen LogP contribution in [0.25, 0.3) is 16.6 Å². The van der Waals surface area contributed by atoms with Gasteiger partial charge >= 0.3 is 0 Å². The second-order valence-corrected chi connectivity index (χ2v) is 8.00. The van der Waals surface area contributed by atoms with E-state index in [0.717, 1.165) is 38.0 Å². The van der Waals surface area contributed by atoms with Gasteiger partial charge in [0.1, 0.15) is 5.75 Å². The molecular formula is C20H17BrN4O2S. The number of methoxy groups -OCH3 is 1. The van der Waals surface area contributed by atoms with Crippen molar-refractivity contribution in [3.8, 4) is 5.75 Å². The molecule has 4 aromatic rings. The van der Waals surface area contributed by atoms with Gasteiger partial charge in [-0.2, -0.15) is 0 Å². The molecule has 0 atom stereocenters. The summed E-state index contributed by atoms with van der Waals surface area (Å²) in [5.41, 5.74) is 3.55. The first-order valence-electron chi connectivity index (χ1n) is 8.56. The third kappa shape index (κ3) is 3.57. The summed E-state index contributed by atoms with van der Waals surface area (Å²) in [5, 5.41) is 13.2. The highest BCUT2D eigenvalue weighted by Crippen LogP contribution is 2.29. The number of nitrogens with one attached hydrogen (secondary N) is 1. The van der Waals surface area contributed by atoms with Crippen LogP contribution < -0.4 is 10.1 Å². The summed E-state index contributed by atoms with van der Waals surface area (Å²) < 4.78 is 8.18. The van der Waals surface area contributed by atoms with Gasteiger partial charge in [-0.25, -0.2) is 0 Å². The Labute approximate surface area is 174 Å². The van der Waals surface area contributed by atoms with Gasteiger partial charge in [0.05, 0.1) is 24.1 Å². The number of hydrogen-bond acceptors (Lipinski definition) is 5. The molecule has 0 bridgehead atoms. The first-order chi connectivity index (χ1) is 13.6. The van der Waals surface area contributed by atoms with Crippen molar-refractivity contribution in [2.75, 3.05) is 18.2 Å². The summed E-state index contributed by atoms with van der Waals surface area (Å²) in [7, 11) is 1.64. The van der Waals surface area contributed by atoms with Crippen LogP contribution >= 0.6 is 27.7 Å². The smallest absolute Gasteiger partial charge is 0.234 e. The zero-order valence-electron chi connectivity index (χ0n) is 15.3. The molecule has 2 heterocycles. The minimum Gasteiger partial charge on any atom is -0.497 e. The number of rotatable bonds is 5. The quantitative estimate of drug-likeness (QED) is 0.441. The number of carbonyl (C=O) groups excluding carboxylic acids is 1. The highest BCUT2D eigenvalue weighted by molar-refractivity contribution is 9.10. The molecule has 0 saturated carbocycles. The number of para-hydroxylation sites is 1. The number of pyridine rings is 1. The van der Waals surface area contributed by atoms with E-state index >= 15 is 0 Å². The molecule has 0 aliphatic rings. The third-order valence-electron chi connectivity index (χ3n) is 4.35. The molecule has 6 nitrogen and oxygen atoms in total. The molecular weight excluding hydrogens is 440 g/mol. The molecule has 142 valence electrons. The summed E-state index contributed by atoms with van der Waals surface area (Å²) in [6.07, 6.45) is 0. The van der Waals surface area contributed by atoms with Crippen LogP contribution in [-0.4, -0.2) is 33.4 Å². The van der Waals surface area contributed by atoms with Crippen molar-refractivity contribution >= 4 is 55.8 Å². The summed E-state index contributed by atoms with van der Waals surface area (Å²) in [4.78, 5) is 12.4. The van der Waals surface area contributed by atoms with Crippen LogP contribution in [-0.2, 0) is 4.79 Å². The van der Waals surface area contributed by atoms with Crippen LogP contribution in [0.3, 0.4) is 0 Å². The van der Waals surface area contributed by atoms with Crippen LogP contribution in [0.15, 0.2) is 58.2 Å². The SMILES string of the molecule is COc1ccc2c(C)cc3nnc(SCC(=O)Nc4ccccc4Br)n3c2c1. The lowest BCUT2D eigenvalue weighted by molar-refractivity contribution is -0.113. The van der Waals surface area contributed by atoms with E-state index in [0.29, 0.717) is 5.16 Å². The molecule has 0 unspecified atom stereocenters. The van der Waals surface area contributed by atoms with Gasteiger partial charge in [-0.3, -0.25) is 9.20 Å². The maximum atomic E-state index is 12.4. The summed E-state index contributed by atoms with van der Waals surface area (Å²) >= 11 is 4.78. The summed E-state index contributed by atoms with van der Waals surface area (Å²) in [6.45, 7) is 2.04. The molecule has 28 heavy (non-hydrogen) atoms. The normalized spacial score (nSPS) is 11.1. The number of aryl methyl sites for hydroxylation is 1. The lowest BCUT2D eigenvalue weighted by Gasteiger charge is -2.09. The van der Waals surface area contributed by atoms with E-state index in [4.69, 9.17) is 4.74 Å². The Bertz CT molecular complexity index is 1190. The van der Waals surface area contributed by atoms with Crippen LogP contribution in [0, 0.1) is 6.92 Å². The number of anilines is 1. The van der Waals surface area contributed by atoms with Gasteiger partial charge in [-0.05, 0) is 58.7 Å². The Kier molecular flexibility index (Phi) is 5.23. The van der Waals surface area contributed by atoms with Crippen LogP contribution in [0.5, 0.6) is 5.75 Å². The number of fused-ring (bicyclic) bond motifs is 3. The lowest BCUT2D eigenvalue weighted by atomic mass is 10.1. The van der Waals surface area contributed by atoms with Gasteiger partial charge in [0, 0.05) is 15.9 Å². The van der Waals surface area contributed by atoms with E-state index in [1.54, 1.807) is 7.11 Å². The van der Waals surface area contributed by atoms with Gasteiger partial charge in [0.25, 0.3) is 0 Å². The predicted octanol–water partition coefficient (Wildman–Crippen LogP) is 4.69. The molecule has 0 spiro atoms. The predicted molar refractivity (Wildman–Crippen MR) is 115 cm³/mol. The first kappa shape index (κ1) is 18.8. The largest absolute Gasteiger partial charge is 0.497 e. The van der Waals surface area contributed by atoms with Crippen molar-refractivity contribution in [2.45, 2.75) is 12.1 Å². The van der Waals surface area contributed by atoms with E-state index in [1.807, 2.05) is 59.9 Å². The Morgan fingerprint density at radius 3 is 2.82 bits per heavy atom. The Hall–Kier alpha value is -2.58. The number of carbonyl (C=O) groups is 1. The number of nitrogens with zero attached hydrogens (tertiary/aromatic N) is 3. The van der Waals surface area contributed by atoms with Gasteiger partial charge in [0.15, 0.2) is 10.8 Å². The van der Waals surface area contributed by atoms with Gasteiger partial charge in [-0.15, -0.1) is 10.2 Å². The molecule has 8 heteroatoms. The Balaban J connectivity index is 1.63. The second-order valence-electron chi connectivity index (χ2n) is 6.20. The second kappa shape index (κ2) is 7.81. The fourth-order valence-electron chi connectivity index (χ4n) is 3.00. The fourth-order valence-corrected chi connectivity index (χ4v) is 4.14. The van der Waals surface area contributed by atoms with Crippen molar-refractivity contribution < 1.29 is 9.53 Å². The zero-order valence-corrected chi connectivity index (χ0v) is 17.7. The lowest BCUT2D eigenvalue weighted by Crippen LogP contribution is -2.14. The van der Waals surface area contributed by atoms with E-state index in [-0.39, 0.29) is 11.7 Å². The van der Waals surface area contributed by atoms with Crippen molar-refractivity contribution in [2.24, 2.45) is 0 Å². The number of benzene rings is 2. The van der Waals surface area contributed by atoms with Crippen LogP contribution in [0.1, 0.15) is 5.56 Å². The zero-order chi connectivity index (χ0) is 19.7. The number of ether oxygens (including phenoxy) is 1. The average Bonchev–Trinajstić information content (AvgIpc) is 3.10.